The maximum Gasteiger partial charge on any atom is 0.169 e. The quantitative estimate of drug-likeness (QED) is 0.751. The van der Waals surface area contributed by atoms with Gasteiger partial charge in [0.25, 0.3) is 0 Å². The highest BCUT2D eigenvalue weighted by molar-refractivity contribution is 6.04. The number of carbonyl (C=O) groups excluding carboxylic acids is 2. The fraction of sp³-hybridized carbons (Fsp3) is 0.304. The molecule has 0 unspecified atom stereocenters. The van der Waals surface area contributed by atoms with Crippen LogP contribution in [0.3, 0.4) is 0 Å². The number of ketones is 1. The van der Waals surface area contributed by atoms with E-state index in [0.29, 0.717) is 6.42 Å². The number of allylic oxidation sites excluding steroid dienone is 2. The molecule has 0 amide bonds. The van der Waals surface area contributed by atoms with Gasteiger partial charge in [-0.2, -0.15) is 0 Å². The molecule has 2 nitrogen and oxygen atoms in total. The first-order chi connectivity index (χ1) is 12.3. The third kappa shape index (κ3) is 2.57. The number of hydrogen-bond acceptors (Lipinski definition) is 2. The van der Waals surface area contributed by atoms with Crippen molar-refractivity contribution in [2.45, 2.75) is 32.1 Å². The zero-order valence-corrected chi connectivity index (χ0v) is 14.3. The van der Waals surface area contributed by atoms with Crippen LogP contribution in [0.4, 0.5) is 0 Å². The smallest absolute Gasteiger partial charge is 0.169 e. The Morgan fingerprint density at radius 3 is 2.56 bits per heavy atom. The van der Waals surface area contributed by atoms with E-state index in [0.717, 1.165) is 48.7 Å². The zero-order chi connectivity index (χ0) is 17.3. The van der Waals surface area contributed by atoms with Crippen LogP contribution >= 0.6 is 0 Å². The average molecular weight is 330 g/mol. The summed E-state index contributed by atoms with van der Waals surface area (Å²) in [4.78, 5) is 25.0. The summed E-state index contributed by atoms with van der Waals surface area (Å²) in [5.74, 6) is 0.213. The van der Waals surface area contributed by atoms with Crippen molar-refractivity contribution in [3.05, 3.63) is 77.4 Å². The molecule has 0 N–H and O–H groups in total. The van der Waals surface area contributed by atoms with Crippen LogP contribution in [-0.2, 0) is 11.2 Å². The molecular weight excluding hydrogens is 308 g/mol. The van der Waals surface area contributed by atoms with Crippen LogP contribution in [0, 0.1) is 11.3 Å². The Bertz CT molecular complexity index is 834. The summed E-state index contributed by atoms with van der Waals surface area (Å²) >= 11 is 0. The maximum atomic E-state index is 13.5. The van der Waals surface area contributed by atoms with Gasteiger partial charge in [0.2, 0.25) is 0 Å². The second kappa shape index (κ2) is 6.44. The van der Waals surface area contributed by atoms with Crippen LogP contribution in [0.15, 0.2) is 60.7 Å². The van der Waals surface area contributed by atoms with Crippen molar-refractivity contribution in [2.75, 3.05) is 0 Å². The van der Waals surface area contributed by atoms with Crippen molar-refractivity contribution in [3.8, 4) is 0 Å². The number of aryl methyl sites for hydroxylation is 1. The monoisotopic (exact) mass is 330 g/mol. The minimum Gasteiger partial charge on any atom is -0.303 e. The molecule has 2 aromatic carbocycles. The van der Waals surface area contributed by atoms with Gasteiger partial charge >= 0.3 is 0 Å². The normalized spacial score (nSPS) is 25.4. The number of Topliss-reactive ketones (excluding diaryl/α,β-unsaturated/α-hetero) is 1. The molecule has 0 bridgehead atoms. The van der Waals surface area contributed by atoms with E-state index in [1.807, 2.05) is 36.4 Å². The first kappa shape index (κ1) is 16.0. The van der Waals surface area contributed by atoms with Crippen LogP contribution in [0.1, 0.15) is 47.2 Å². The molecule has 2 aromatic rings. The highest BCUT2D eigenvalue weighted by Gasteiger charge is 2.50. The Morgan fingerprint density at radius 2 is 1.76 bits per heavy atom. The summed E-state index contributed by atoms with van der Waals surface area (Å²) in [5, 5.41) is 0. The van der Waals surface area contributed by atoms with Gasteiger partial charge in [0.15, 0.2) is 5.78 Å². The average Bonchev–Trinajstić information content (AvgIpc) is 2.67. The Labute approximate surface area is 148 Å². The van der Waals surface area contributed by atoms with Gasteiger partial charge in [-0.3, -0.25) is 4.79 Å². The van der Waals surface area contributed by atoms with E-state index in [-0.39, 0.29) is 11.7 Å². The molecule has 2 atom stereocenters. The van der Waals surface area contributed by atoms with E-state index >= 15 is 0 Å². The van der Waals surface area contributed by atoms with E-state index in [2.05, 4.69) is 24.3 Å². The standard InChI is InChI=1S/C23H22O2/c24-16-13-21-19(17-7-2-1-3-8-17)11-6-14-23(21)15-12-18-9-4-5-10-20(18)22(23)25/h1-5,7-11,16,21H,6,12-15H2/t21-,23+/m0/s1. The lowest BCUT2D eigenvalue weighted by Gasteiger charge is -2.45. The van der Waals surface area contributed by atoms with Crippen LogP contribution in [0.5, 0.6) is 0 Å². The first-order valence-electron chi connectivity index (χ1n) is 9.08. The molecule has 0 fully saturated rings. The molecule has 0 saturated heterocycles. The third-order valence-corrected chi connectivity index (χ3v) is 5.99. The molecule has 2 heteroatoms. The molecule has 2 aliphatic carbocycles. The number of aldehydes is 1. The number of carbonyl (C=O) groups is 2. The third-order valence-electron chi connectivity index (χ3n) is 5.99. The van der Waals surface area contributed by atoms with Crippen molar-refractivity contribution in [1.82, 2.24) is 0 Å². The van der Waals surface area contributed by atoms with Crippen LogP contribution in [0.25, 0.3) is 5.57 Å². The van der Waals surface area contributed by atoms with E-state index in [4.69, 9.17) is 0 Å². The Kier molecular flexibility index (Phi) is 4.12. The molecule has 0 aliphatic heterocycles. The molecule has 0 radical (unpaired) electrons. The van der Waals surface area contributed by atoms with Crippen LogP contribution in [-0.4, -0.2) is 12.1 Å². The summed E-state index contributed by atoms with van der Waals surface area (Å²) in [6, 6.07) is 18.2. The van der Waals surface area contributed by atoms with Crippen molar-refractivity contribution in [1.29, 1.82) is 0 Å². The van der Waals surface area contributed by atoms with E-state index in [9.17, 15) is 9.59 Å². The van der Waals surface area contributed by atoms with Gasteiger partial charge in [0, 0.05) is 23.3 Å². The summed E-state index contributed by atoms with van der Waals surface area (Å²) in [6.07, 6.45) is 7.13. The lowest BCUT2D eigenvalue weighted by molar-refractivity contribution is -0.108. The maximum absolute atomic E-state index is 13.5. The lowest BCUT2D eigenvalue weighted by atomic mass is 9.56. The van der Waals surface area contributed by atoms with Crippen LogP contribution < -0.4 is 0 Å². The van der Waals surface area contributed by atoms with E-state index in [1.54, 1.807) is 0 Å². The minimum absolute atomic E-state index is 0.0259. The summed E-state index contributed by atoms with van der Waals surface area (Å²) < 4.78 is 0. The highest BCUT2D eigenvalue weighted by Crippen LogP contribution is 2.53. The Balaban J connectivity index is 1.81. The van der Waals surface area contributed by atoms with Crippen molar-refractivity contribution in [2.24, 2.45) is 11.3 Å². The van der Waals surface area contributed by atoms with Gasteiger partial charge in [0.1, 0.15) is 6.29 Å². The van der Waals surface area contributed by atoms with E-state index < -0.39 is 5.41 Å². The predicted octanol–water partition coefficient (Wildman–Crippen LogP) is 4.88. The number of rotatable bonds is 3. The predicted molar refractivity (Wildman–Crippen MR) is 99.4 cm³/mol. The SMILES string of the molecule is O=CC[C@H]1C(c2ccccc2)=CCC[C@@]12CCc1ccccc1C2=O. The Hall–Kier alpha value is -2.48. The fourth-order valence-corrected chi connectivity index (χ4v) is 4.77. The molecule has 2 aliphatic rings. The van der Waals surface area contributed by atoms with Gasteiger partial charge in [-0.15, -0.1) is 0 Å². The molecule has 0 aromatic heterocycles. The van der Waals surface area contributed by atoms with Crippen molar-refractivity contribution >= 4 is 17.6 Å². The van der Waals surface area contributed by atoms with Gasteiger partial charge in [-0.05, 0) is 42.4 Å². The van der Waals surface area contributed by atoms with E-state index in [1.165, 1.54) is 5.57 Å². The molecule has 1 spiro atoms. The molecule has 4 rings (SSSR count). The summed E-state index contributed by atoms with van der Waals surface area (Å²) in [7, 11) is 0. The molecule has 0 heterocycles. The second-order valence-electron chi connectivity index (χ2n) is 7.16. The molecule has 0 saturated carbocycles. The topological polar surface area (TPSA) is 34.1 Å². The van der Waals surface area contributed by atoms with Crippen molar-refractivity contribution < 1.29 is 9.59 Å². The largest absolute Gasteiger partial charge is 0.303 e. The van der Waals surface area contributed by atoms with Crippen LogP contribution in [0.2, 0.25) is 0 Å². The summed E-state index contributed by atoms with van der Waals surface area (Å²) in [5.41, 5.74) is 3.89. The minimum atomic E-state index is -0.435. The number of fused-ring (bicyclic) bond motifs is 1. The highest BCUT2D eigenvalue weighted by atomic mass is 16.1. The molecule has 126 valence electrons. The Morgan fingerprint density at radius 1 is 1.00 bits per heavy atom. The summed E-state index contributed by atoms with van der Waals surface area (Å²) in [6.45, 7) is 0. The zero-order valence-electron chi connectivity index (χ0n) is 14.3. The van der Waals surface area contributed by atoms with Crippen molar-refractivity contribution in [3.63, 3.8) is 0 Å². The fourth-order valence-electron chi connectivity index (χ4n) is 4.77. The van der Waals surface area contributed by atoms with Gasteiger partial charge in [0.05, 0.1) is 0 Å². The lowest BCUT2D eigenvalue weighted by Crippen LogP contribution is -2.44. The van der Waals surface area contributed by atoms with Gasteiger partial charge in [-0.1, -0.05) is 60.7 Å². The molecular formula is C23H22O2. The second-order valence-corrected chi connectivity index (χ2v) is 7.16. The number of benzene rings is 2. The number of hydrogen-bond donors (Lipinski definition) is 0. The van der Waals surface area contributed by atoms with Gasteiger partial charge < -0.3 is 4.79 Å². The van der Waals surface area contributed by atoms with Gasteiger partial charge in [-0.25, -0.2) is 0 Å². The first-order valence-corrected chi connectivity index (χ1v) is 9.08. The molecule has 25 heavy (non-hydrogen) atoms.